The van der Waals surface area contributed by atoms with Gasteiger partial charge in [0.2, 0.25) is 0 Å². The molecule has 2 aromatic heterocycles. The SMILES string of the molecule is c1ccc(-c2nc(-c3cccc(-c4cccc5c4sc4ccccc45)c3)cc(-c3c4ccccc4cc4c3ccc3ccccc34)n2)cc1. The Morgan fingerprint density at radius 3 is 1.94 bits per heavy atom. The van der Waals surface area contributed by atoms with Crippen LogP contribution in [0.1, 0.15) is 0 Å². The van der Waals surface area contributed by atoms with Crippen LogP contribution in [-0.4, -0.2) is 9.97 Å². The van der Waals surface area contributed by atoms with Crippen molar-refractivity contribution in [1.29, 1.82) is 0 Å². The molecule has 0 spiro atoms. The second-order valence-corrected chi connectivity index (χ2v) is 13.6. The van der Waals surface area contributed by atoms with Crippen molar-refractivity contribution in [3.05, 3.63) is 170 Å². The van der Waals surface area contributed by atoms with Gasteiger partial charge in [0.05, 0.1) is 11.4 Å². The number of hydrogen-bond acceptors (Lipinski definition) is 3. The molecule has 3 heteroatoms. The summed E-state index contributed by atoms with van der Waals surface area (Å²) in [6.45, 7) is 0. The first-order valence-electron chi connectivity index (χ1n) is 16.6. The molecule has 0 saturated carbocycles. The minimum Gasteiger partial charge on any atom is -0.228 e. The normalized spacial score (nSPS) is 11.7. The first-order chi connectivity index (χ1) is 24.3. The fourth-order valence-electron chi connectivity index (χ4n) is 7.36. The molecule has 0 atom stereocenters. The summed E-state index contributed by atoms with van der Waals surface area (Å²) in [6.07, 6.45) is 0. The zero-order valence-corrected chi connectivity index (χ0v) is 27.3. The van der Waals surface area contributed by atoms with Crippen molar-refractivity contribution < 1.29 is 0 Å². The van der Waals surface area contributed by atoms with Gasteiger partial charge in [-0.1, -0.05) is 146 Å². The van der Waals surface area contributed by atoms with E-state index in [2.05, 4.69) is 164 Å². The minimum atomic E-state index is 0.715. The number of rotatable bonds is 4. The molecular weight excluding hydrogens is 613 g/mol. The third-order valence-corrected chi connectivity index (χ3v) is 10.9. The number of nitrogens with zero attached hydrogens (tertiary/aromatic N) is 2. The van der Waals surface area contributed by atoms with Gasteiger partial charge in [0.15, 0.2) is 5.82 Å². The molecule has 0 aliphatic rings. The number of hydrogen-bond donors (Lipinski definition) is 0. The second-order valence-electron chi connectivity index (χ2n) is 12.5. The molecule has 0 unspecified atom stereocenters. The van der Waals surface area contributed by atoms with Gasteiger partial charge < -0.3 is 0 Å². The van der Waals surface area contributed by atoms with Crippen LogP contribution in [0, 0.1) is 0 Å². The van der Waals surface area contributed by atoms with Crippen molar-refractivity contribution in [2.45, 2.75) is 0 Å². The van der Waals surface area contributed by atoms with E-state index in [-0.39, 0.29) is 0 Å². The fourth-order valence-corrected chi connectivity index (χ4v) is 8.59. The first-order valence-corrected chi connectivity index (χ1v) is 17.4. The predicted octanol–water partition coefficient (Wildman–Crippen LogP) is 13.0. The van der Waals surface area contributed by atoms with Crippen molar-refractivity contribution >= 4 is 63.8 Å². The highest BCUT2D eigenvalue weighted by molar-refractivity contribution is 7.26. The molecule has 0 bridgehead atoms. The summed E-state index contributed by atoms with van der Waals surface area (Å²) in [5.41, 5.74) is 7.42. The van der Waals surface area contributed by atoms with Gasteiger partial charge in [0, 0.05) is 36.9 Å². The van der Waals surface area contributed by atoms with Gasteiger partial charge in [-0.25, -0.2) is 9.97 Å². The molecule has 10 aromatic rings. The van der Waals surface area contributed by atoms with E-state index in [9.17, 15) is 0 Å². The van der Waals surface area contributed by atoms with E-state index in [1.165, 1.54) is 63.6 Å². The second kappa shape index (κ2) is 11.2. The number of fused-ring (bicyclic) bond motifs is 7. The third-order valence-electron chi connectivity index (χ3n) is 9.66. The van der Waals surface area contributed by atoms with Gasteiger partial charge in [0.1, 0.15) is 0 Å². The molecule has 0 N–H and O–H groups in total. The minimum absolute atomic E-state index is 0.715. The quantitative estimate of drug-likeness (QED) is 0.141. The van der Waals surface area contributed by atoms with Crippen LogP contribution in [0.5, 0.6) is 0 Å². The van der Waals surface area contributed by atoms with Gasteiger partial charge in [0.25, 0.3) is 0 Å². The van der Waals surface area contributed by atoms with E-state index in [4.69, 9.17) is 9.97 Å². The zero-order valence-electron chi connectivity index (χ0n) is 26.5. The zero-order chi connectivity index (χ0) is 32.3. The summed E-state index contributed by atoms with van der Waals surface area (Å²) in [5, 5.41) is 9.87. The molecule has 49 heavy (non-hydrogen) atoms. The lowest BCUT2D eigenvalue weighted by Crippen LogP contribution is -1.97. The lowest BCUT2D eigenvalue weighted by atomic mass is 9.91. The van der Waals surface area contributed by atoms with Crippen LogP contribution in [0.2, 0.25) is 0 Å². The molecule has 228 valence electrons. The number of aromatic nitrogens is 2. The standard InChI is InChI=1S/C46H28N2S/c1-2-13-30(14-3-1)46-47-41(33-17-10-16-31(26-33)36-21-11-22-39-37-20-8-9-23-43(37)49-45(36)39)28-42(48-46)44-35-19-7-5-15-32(35)27-40-34-18-6-4-12-29(34)24-25-38(40)44/h1-28H. The molecule has 2 heterocycles. The van der Waals surface area contributed by atoms with Crippen LogP contribution in [0.3, 0.4) is 0 Å². The van der Waals surface area contributed by atoms with Gasteiger partial charge in [-0.2, -0.15) is 0 Å². The topological polar surface area (TPSA) is 25.8 Å². The Hall–Kier alpha value is -6.16. The summed E-state index contributed by atoms with van der Waals surface area (Å²) in [5.74, 6) is 0.715. The van der Waals surface area contributed by atoms with Crippen LogP contribution in [0.4, 0.5) is 0 Å². The molecule has 0 fully saturated rings. The van der Waals surface area contributed by atoms with Crippen LogP contribution in [0.25, 0.3) is 97.5 Å². The molecule has 0 amide bonds. The van der Waals surface area contributed by atoms with Gasteiger partial charge in [-0.3, -0.25) is 0 Å². The molecule has 0 aliphatic carbocycles. The monoisotopic (exact) mass is 640 g/mol. The van der Waals surface area contributed by atoms with E-state index >= 15 is 0 Å². The van der Waals surface area contributed by atoms with Crippen LogP contribution >= 0.6 is 11.3 Å². The van der Waals surface area contributed by atoms with E-state index in [1.807, 2.05) is 17.4 Å². The van der Waals surface area contributed by atoms with E-state index in [0.717, 1.165) is 28.1 Å². The Kier molecular flexibility index (Phi) is 6.39. The van der Waals surface area contributed by atoms with Crippen molar-refractivity contribution in [2.75, 3.05) is 0 Å². The molecule has 2 nitrogen and oxygen atoms in total. The summed E-state index contributed by atoms with van der Waals surface area (Å²) in [7, 11) is 0. The highest BCUT2D eigenvalue weighted by atomic mass is 32.1. The average molecular weight is 641 g/mol. The molecular formula is C46H28N2S. The predicted molar refractivity (Wildman–Crippen MR) is 209 cm³/mol. The highest BCUT2D eigenvalue weighted by Gasteiger charge is 2.18. The number of benzene rings is 8. The largest absolute Gasteiger partial charge is 0.228 e. The van der Waals surface area contributed by atoms with E-state index < -0.39 is 0 Å². The summed E-state index contributed by atoms with van der Waals surface area (Å²) >= 11 is 1.86. The lowest BCUT2D eigenvalue weighted by molar-refractivity contribution is 1.19. The van der Waals surface area contributed by atoms with Gasteiger partial charge >= 0.3 is 0 Å². The van der Waals surface area contributed by atoms with E-state index in [1.54, 1.807) is 0 Å². The van der Waals surface area contributed by atoms with Gasteiger partial charge in [-0.15, -0.1) is 11.3 Å². The maximum absolute atomic E-state index is 5.32. The summed E-state index contributed by atoms with van der Waals surface area (Å²) in [4.78, 5) is 10.5. The highest BCUT2D eigenvalue weighted by Crippen LogP contribution is 2.42. The Morgan fingerprint density at radius 2 is 1.04 bits per heavy atom. The van der Waals surface area contributed by atoms with Crippen LogP contribution in [0.15, 0.2) is 170 Å². The van der Waals surface area contributed by atoms with E-state index in [0.29, 0.717) is 5.82 Å². The molecule has 0 saturated heterocycles. The summed E-state index contributed by atoms with van der Waals surface area (Å²) < 4.78 is 2.62. The molecule has 10 rings (SSSR count). The Morgan fingerprint density at radius 1 is 0.367 bits per heavy atom. The average Bonchev–Trinajstić information content (AvgIpc) is 3.56. The maximum atomic E-state index is 5.32. The van der Waals surface area contributed by atoms with Crippen molar-refractivity contribution in [3.8, 4) is 45.0 Å². The number of thiophene rings is 1. The van der Waals surface area contributed by atoms with Crippen LogP contribution in [-0.2, 0) is 0 Å². The molecule has 8 aromatic carbocycles. The third kappa shape index (κ3) is 4.62. The molecule has 0 radical (unpaired) electrons. The smallest absolute Gasteiger partial charge is 0.160 e. The van der Waals surface area contributed by atoms with Crippen molar-refractivity contribution in [1.82, 2.24) is 9.97 Å². The van der Waals surface area contributed by atoms with Crippen molar-refractivity contribution in [2.24, 2.45) is 0 Å². The van der Waals surface area contributed by atoms with Crippen molar-refractivity contribution in [3.63, 3.8) is 0 Å². The molecule has 0 aliphatic heterocycles. The Balaban J connectivity index is 1.23. The Bertz CT molecular complexity index is 2890. The Labute approximate surface area is 287 Å². The van der Waals surface area contributed by atoms with Gasteiger partial charge in [-0.05, 0) is 67.7 Å². The first kappa shape index (κ1) is 27.9. The van der Waals surface area contributed by atoms with Crippen LogP contribution < -0.4 is 0 Å². The summed E-state index contributed by atoms with van der Waals surface area (Å²) in [6, 6.07) is 60.8. The maximum Gasteiger partial charge on any atom is 0.160 e. The lowest BCUT2D eigenvalue weighted by Gasteiger charge is -2.15. The fraction of sp³-hybridized carbons (Fsp3) is 0.